The first kappa shape index (κ1) is 19.5. The lowest BCUT2D eigenvalue weighted by Gasteiger charge is -2.19. The Morgan fingerprint density at radius 2 is 1.97 bits per heavy atom. The summed E-state index contributed by atoms with van der Waals surface area (Å²) in [5, 5.41) is 3.40. The van der Waals surface area contributed by atoms with Crippen molar-refractivity contribution in [1.82, 2.24) is 19.9 Å². The van der Waals surface area contributed by atoms with Crippen molar-refractivity contribution in [3.8, 4) is 17.1 Å². The summed E-state index contributed by atoms with van der Waals surface area (Å²) in [6.07, 6.45) is 6.07. The Morgan fingerprint density at radius 1 is 1.13 bits per heavy atom. The fourth-order valence-corrected chi connectivity index (χ4v) is 3.28. The molecule has 0 atom stereocenters. The number of hydrogen-bond donors (Lipinski definition) is 2. The van der Waals surface area contributed by atoms with Gasteiger partial charge in [-0.3, -0.25) is 4.98 Å². The second-order valence-electron chi connectivity index (χ2n) is 7.18. The number of allylic oxidation sites excluding steroid dienone is 3. The molecular formula is C24H25N5O. The molecule has 0 fully saturated rings. The first-order chi connectivity index (χ1) is 14.5. The summed E-state index contributed by atoms with van der Waals surface area (Å²) < 4.78 is 5.30. The average Bonchev–Trinajstić information content (AvgIpc) is 3.19. The molecule has 0 saturated heterocycles. The summed E-state index contributed by atoms with van der Waals surface area (Å²) >= 11 is 0. The Morgan fingerprint density at radius 3 is 2.73 bits per heavy atom. The Kier molecular flexibility index (Phi) is 5.39. The van der Waals surface area contributed by atoms with Gasteiger partial charge in [0.2, 0.25) is 0 Å². The topological polar surface area (TPSA) is 66.1 Å². The monoisotopic (exact) mass is 399 g/mol. The number of nitrogens with zero attached hydrogens (tertiary/aromatic N) is 3. The largest absolute Gasteiger partial charge is 0.497 e. The number of pyridine rings is 1. The molecule has 1 aromatic carbocycles. The number of anilines is 1. The van der Waals surface area contributed by atoms with Crippen LogP contribution in [0.25, 0.3) is 17.0 Å². The van der Waals surface area contributed by atoms with E-state index in [0.717, 1.165) is 51.3 Å². The maximum Gasteiger partial charge on any atom is 0.126 e. The van der Waals surface area contributed by atoms with Crippen molar-refractivity contribution >= 4 is 11.3 Å². The standard InChI is InChI=1S/C24H25N5O/c1-16-7-5-10-21(26-16)24-23(18-12-11-17(2)29(3)15-18)27-22(28-24)14-25-19-8-6-9-20(13-19)30-4/h5-13,15,25H,2,14H2,1,3-4H3,(H,27,28). The Bertz CT molecular complexity index is 1140. The van der Waals surface area contributed by atoms with Crippen molar-refractivity contribution in [2.75, 3.05) is 19.5 Å². The molecular weight excluding hydrogens is 374 g/mol. The van der Waals surface area contributed by atoms with E-state index >= 15 is 0 Å². The maximum absolute atomic E-state index is 5.30. The van der Waals surface area contributed by atoms with Gasteiger partial charge in [-0.05, 0) is 43.3 Å². The quantitative estimate of drug-likeness (QED) is 0.626. The van der Waals surface area contributed by atoms with Crippen LogP contribution >= 0.6 is 0 Å². The number of aryl methyl sites for hydroxylation is 1. The smallest absolute Gasteiger partial charge is 0.126 e. The number of benzene rings is 1. The summed E-state index contributed by atoms with van der Waals surface area (Å²) in [4.78, 5) is 15.0. The van der Waals surface area contributed by atoms with E-state index in [1.807, 2.05) is 79.7 Å². The molecule has 6 heteroatoms. The molecule has 3 heterocycles. The van der Waals surface area contributed by atoms with Gasteiger partial charge >= 0.3 is 0 Å². The third-order valence-corrected chi connectivity index (χ3v) is 4.94. The number of likely N-dealkylation sites (N-methyl/N-ethyl adjacent to an activating group) is 1. The van der Waals surface area contributed by atoms with Gasteiger partial charge in [0.1, 0.15) is 11.6 Å². The third kappa shape index (κ3) is 4.12. The van der Waals surface area contributed by atoms with Crippen LogP contribution in [0, 0.1) is 6.92 Å². The number of aromatic nitrogens is 3. The van der Waals surface area contributed by atoms with Crippen molar-refractivity contribution in [1.29, 1.82) is 0 Å². The minimum Gasteiger partial charge on any atom is -0.497 e. The van der Waals surface area contributed by atoms with Crippen molar-refractivity contribution in [3.63, 3.8) is 0 Å². The number of aromatic amines is 1. The van der Waals surface area contributed by atoms with E-state index < -0.39 is 0 Å². The molecule has 0 radical (unpaired) electrons. The normalized spacial score (nSPS) is 13.4. The van der Waals surface area contributed by atoms with Gasteiger partial charge in [0.15, 0.2) is 0 Å². The minimum absolute atomic E-state index is 0.547. The molecule has 0 saturated carbocycles. The highest BCUT2D eigenvalue weighted by atomic mass is 16.5. The fraction of sp³-hybridized carbons (Fsp3) is 0.167. The Hall–Kier alpha value is -3.80. The van der Waals surface area contributed by atoms with Crippen LogP contribution in [0.15, 0.2) is 73.1 Å². The van der Waals surface area contributed by atoms with E-state index in [-0.39, 0.29) is 0 Å². The molecule has 0 bridgehead atoms. The number of methoxy groups -OCH3 is 1. The number of H-pyrrole nitrogens is 1. The van der Waals surface area contributed by atoms with Gasteiger partial charge in [-0.2, -0.15) is 0 Å². The zero-order chi connectivity index (χ0) is 21.1. The van der Waals surface area contributed by atoms with E-state index in [9.17, 15) is 0 Å². The van der Waals surface area contributed by atoms with Crippen LogP contribution in [0.1, 0.15) is 17.2 Å². The van der Waals surface area contributed by atoms with Crippen molar-refractivity contribution in [2.45, 2.75) is 13.5 Å². The van der Waals surface area contributed by atoms with Crippen LogP contribution in [-0.2, 0) is 6.54 Å². The van der Waals surface area contributed by atoms with Gasteiger partial charge < -0.3 is 19.9 Å². The summed E-state index contributed by atoms with van der Waals surface area (Å²) in [6.45, 7) is 6.57. The molecule has 0 unspecified atom stereocenters. The number of ether oxygens (including phenoxy) is 1. The Balaban J connectivity index is 1.68. The molecule has 0 aliphatic carbocycles. The molecule has 30 heavy (non-hydrogen) atoms. The number of rotatable bonds is 6. The molecule has 0 spiro atoms. The number of nitrogens with one attached hydrogen (secondary N) is 2. The predicted molar refractivity (Wildman–Crippen MR) is 121 cm³/mol. The summed E-state index contributed by atoms with van der Waals surface area (Å²) in [5.41, 5.74) is 6.50. The van der Waals surface area contributed by atoms with Crippen LogP contribution < -0.4 is 10.1 Å². The second kappa shape index (κ2) is 8.29. The zero-order valence-corrected chi connectivity index (χ0v) is 17.4. The van der Waals surface area contributed by atoms with Gasteiger partial charge in [0.25, 0.3) is 0 Å². The van der Waals surface area contributed by atoms with E-state index in [2.05, 4.69) is 16.9 Å². The van der Waals surface area contributed by atoms with E-state index in [1.165, 1.54) is 0 Å². The fourth-order valence-electron chi connectivity index (χ4n) is 3.28. The van der Waals surface area contributed by atoms with Crippen molar-refractivity contribution < 1.29 is 4.74 Å². The van der Waals surface area contributed by atoms with Crippen LogP contribution in [-0.4, -0.2) is 34.0 Å². The third-order valence-electron chi connectivity index (χ3n) is 4.94. The second-order valence-corrected chi connectivity index (χ2v) is 7.18. The van der Waals surface area contributed by atoms with E-state index in [1.54, 1.807) is 7.11 Å². The predicted octanol–water partition coefficient (Wildman–Crippen LogP) is 4.76. The lowest BCUT2D eigenvalue weighted by Crippen LogP contribution is -2.11. The molecule has 2 N–H and O–H groups in total. The van der Waals surface area contributed by atoms with E-state index in [4.69, 9.17) is 14.7 Å². The van der Waals surface area contributed by atoms with E-state index in [0.29, 0.717) is 6.54 Å². The first-order valence-corrected chi connectivity index (χ1v) is 9.76. The van der Waals surface area contributed by atoms with Gasteiger partial charge in [0.05, 0.1) is 30.7 Å². The minimum atomic E-state index is 0.547. The molecule has 2 aromatic heterocycles. The van der Waals surface area contributed by atoms with Crippen molar-refractivity contribution in [3.05, 3.63) is 90.3 Å². The molecule has 1 aliphatic rings. The number of imidazole rings is 1. The van der Waals surface area contributed by atoms with Crippen LogP contribution in [0.4, 0.5) is 5.69 Å². The lowest BCUT2D eigenvalue weighted by molar-refractivity contribution is 0.415. The van der Waals surface area contributed by atoms with Crippen LogP contribution in [0.2, 0.25) is 0 Å². The first-order valence-electron chi connectivity index (χ1n) is 9.76. The van der Waals surface area contributed by atoms with Gasteiger partial charge in [-0.25, -0.2) is 4.98 Å². The van der Waals surface area contributed by atoms with Crippen LogP contribution in [0.5, 0.6) is 5.75 Å². The average molecular weight is 399 g/mol. The van der Waals surface area contributed by atoms with Crippen molar-refractivity contribution in [2.24, 2.45) is 0 Å². The SMILES string of the molecule is C=C1C=CC(c2nc(CNc3cccc(OC)c3)[nH]c2-c2cccc(C)n2)=CN1C. The van der Waals surface area contributed by atoms with Gasteiger partial charge in [-0.15, -0.1) is 0 Å². The highest BCUT2D eigenvalue weighted by Crippen LogP contribution is 2.30. The molecule has 6 nitrogen and oxygen atoms in total. The molecule has 0 amide bonds. The van der Waals surface area contributed by atoms with Gasteiger partial charge in [-0.1, -0.05) is 18.7 Å². The highest BCUT2D eigenvalue weighted by molar-refractivity contribution is 5.82. The number of hydrogen-bond acceptors (Lipinski definition) is 5. The maximum atomic E-state index is 5.30. The molecule has 4 rings (SSSR count). The summed E-state index contributed by atoms with van der Waals surface area (Å²) in [6, 6.07) is 13.8. The molecule has 3 aromatic rings. The molecule has 1 aliphatic heterocycles. The summed E-state index contributed by atoms with van der Waals surface area (Å²) in [7, 11) is 3.64. The summed E-state index contributed by atoms with van der Waals surface area (Å²) in [5.74, 6) is 1.64. The zero-order valence-electron chi connectivity index (χ0n) is 17.4. The lowest BCUT2D eigenvalue weighted by atomic mass is 10.1. The molecule has 152 valence electrons. The highest BCUT2D eigenvalue weighted by Gasteiger charge is 2.18. The van der Waals surface area contributed by atoms with Gasteiger partial charge in [0, 0.05) is 42.0 Å². The Labute approximate surface area is 176 Å². The van der Waals surface area contributed by atoms with Crippen LogP contribution in [0.3, 0.4) is 0 Å².